The van der Waals surface area contributed by atoms with Crippen LogP contribution in [0.15, 0.2) is 24.4 Å². The lowest BCUT2D eigenvalue weighted by Crippen LogP contribution is -2.61. The summed E-state index contributed by atoms with van der Waals surface area (Å²) in [5.74, 6) is 0. The second kappa shape index (κ2) is 6.20. The van der Waals surface area contributed by atoms with Gasteiger partial charge in [-0.05, 0) is 25.0 Å². The quantitative estimate of drug-likeness (QED) is 0.907. The molecule has 1 aliphatic carbocycles. The summed E-state index contributed by atoms with van der Waals surface area (Å²) < 4.78 is 5.51. The summed E-state index contributed by atoms with van der Waals surface area (Å²) in [5.41, 5.74) is 7.93. The lowest BCUT2D eigenvalue weighted by molar-refractivity contribution is -0.0306. The molecule has 1 saturated carbocycles. The van der Waals surface area contributed by atoms with Crippen LogP contribution in [0.2, 0.25) is 0 Å². The number of ether oxygens (including phenoxy) is 1. The molecule has 2 heterocycles. The minimum absolute atomic E-state index is 0.165. The molecule has 3 rings (SSSR count). The number of morpholine rings is 1. The number of hydrogen-bond donors (Lipinski definition) is 1. The lowest BCUT2D eigenvalue weighted by Gasteiger charge is -2.47. The van der Waals surface area contributed by atoms with E-state index in [1.165, 1.54) is 25.7 Å². The third kappa shape index (κ3) is 2.73. The smallest absolute Gasteiger partial charge is 0.0594 e. The van der Waals surface area contributed by atoms with Crippen LogP contribution in [0.5, 0.6) is 0 Å². The summed E-state index contributed by atoms with van der Waals surface area (Å²) in [5, 5.41) is 0. The molecule has 20 heavy (non-hydrogen) atoms. The first-order valence-electron chi connectivity index (χ1n) is 7.79. The van der Waals surface area contributed by atoms with Crippen LogP contribution in [0.25, 0.3) is 0 Å². The minimum atomic E-state index is 0.165. The molecular weight excluding hydrogens is 250 g/mol. The molecule has 2 aliphatic rings. The fraction of sp³-hybridized carbons (Fsp3) is 0.688. The Balaban J connectivity index is 1.75. The molecular formula is C16H25N3O. The van der Waals surface area contributed by atoms with Gasteiger partial charge in [-0.25, -0.2) is 0 Å². The van der Waals surface area contributed by atoms with Crippen molar-refractivity contribution in [3.8, 4) is 0 Å². The average molecular weight is 275 g/mol. The highest BCUT2D eigenvalue weighted by Gasteiger charge is 2.44. The van der Waals surface area contributed by atoms with E-state index >= 15 is 0 Å². The van der Waals surface area contributed by atoms with Crippen molar-refractivity contribution in [1.82, 2.24) is 9.88 Å². The number of hydrogen-bond acceptors (Lipinski definition) is 4. The molecule has 2 N–H and O–H groups in total. The van der Waals surface area contributed by atoms with Crippen LogP contribution in [0.3, 0.4) is 0 Å². The summed E-state index contributed by atoms with van der Waals surface area (Å²) in [7, 11) is 0. The first kappa shape index (κ1) is 14.0. The summed E-state index contributed by atoms with van der Waals surface area (Å²) in [4.78, 5) is 7.04. The molecule has 1 aliphatic heterocycles. The molecule has 1 aromatic heterocycles. The van der Waals surface area contributed by atoms with Crippen molar-refractivity contribution in [1.29, 1.82) is 0 Å². The SMILES string of the molecule is NC(Cc1ccccn1)C1(N2CCOCC2)CCCC1. The fourth-order valence-electron chi connectivity index (χ4n) is 3.85. The van der Waals surface area contributed by atoms with Crippen molar-refractivity contribution in [2.75, 3.05) is 26.3 Å². The van der Waals surface area contributed by atoms with Gasteiger partial charge in [0, 0.05) is 43.0 Å². The van der Waals surface area contributed by atoms with Crippen molar-refractivity contribution < 1.29 is 4.74 Å². The first-order valence-corrected chi connectivity index (χ1v) is 7.79. The molecule has 0 radical (unpaired) electrons. The largest absolute Gasteiger partial charge is 0.379 e. The highest BCUT2D eigenvalue weighted by Crippen LogP contribution is 2.38. The Labute approximate surface area is 121 Å². The Kier molecular flexibility index (Phi) is 4.34. The van der Waals surface area contributed by atoms with Gasteiger partial charge in [-0.1, -0.05) is 18.9 Å². The highest BCUT2D eigenvalue weighted by atomic mass is 16.5. The predicted molar refractivity (Wildman–Crippen MR) is 79.5 cm³/mol. The molecule has 0 amide bonds. The minimum Gasteiger partial charge on any atom is -0.379 e. The van der Waals surface area contributed by atoms with E-state index in [1.54, 1.807) is 0 Å². The van der Waals surface area contributed by atoms with Crippen LogP contribution in [-0.4, -0.2) is 47.8 Å². The number of nitrogens with two attached hydrogens (primary N) is 1. The summed E-state index contributed by atoms with van der Waals surface area (Å²) in [6.07, 6.45) is 7.78. The molecule has 4 heteroatoms. The van der Waals surface area contributed by atoms with Gasteiger partial charge < -0.3 is 10.5 Å². The average Bonchev–Trinajstić information content (AvgIpc) is 3.00. The van der Waals surface area contributed by atoms with Gasteiger partial charge in [0.05, 0.1) is 13.2 Å². The van der Waals surface area contributed by atoms with Crippen molar-refractivity contribution in [2.45, 2.75) is 43.7 Å². The van der Waals surface area contributed by atoms with Crippen molar-refractivity contribution in [3.63, 3.8) is 0 Å². The topological polar surface area (TPSA) is 51.4 Å². The molecule has 4 nitrogen and oxygen atoms in total. The normalized spacial score (nSPS) is 24.6. The third-order valence-corrected chi connectivity index (χ3v) is 4.96. The zero-order chi connectivity index (χ0) is 13.8. The maximum atomic E-state index is 6.65. The van der Waals surface area contributed by atoms with E-state index in [1.807, 2.05) is 18.3 Å². The predicted octanol–water partition coefficient (Wildman–Crippen LogP) is 1.60. The van der Waals surface area contributed by atoms with Crippen LogP contribution in [0.4, 0.5) is 0 Å². The van der Waals surface area contributed by atoms with Gasteiger partial charge >= 0.3 is 0 Å². The number of rotatable bonds is 4. The molecule has 1 aromatic rings. The van der Waals surface area contributed by atoms with E-state index in [9.17, 15) is 0 Å². The zero-order valence-corrected chi connectivity index (χ0v) is 12.1. The van der Waals surface area contributed by atoms with E-state index in [0.29, 0.717) is 0 Å². The van der Waals surface area contributed by atoms with Crippen molar-refractivity contribution in [3.05, 3.63) is 30.1 Å². The number of aromatic nitrogens is 1. The molecule has 0 bridgehead atoms. The van der Waals surface area contributed by atoms with Crippen LogP contribution >= 0.6 is 0 Å². The van der Waals surface area contributed by atoms with E-state index < -0.39 is 0 Å². The van der Waals surface area contributed by atoms with E-state index in [4.69, 9.17) is 10.5 Å². The van der Waals surface area contributed by atoms with E-state index in [0.717, 1.165) is 38.4 Å². The van der Waals surface area contributed by atoms with Gasteiger partial charge in [0.25, 0.3) is 0 Å². The molecule has 1 saturated heterocycles. The first-order chi connectivity index (χ1) is 9.81. The molecule has 1 unspecified atom stereocenters. The second-order valence-corrected chi connectivity index (χ2v) is 6.04. The maximum Gasteiger partial charge on any atom is 0.0594 e. The monoisotopic (exact) mass is 275 g/mol. The van der Waals surface area contributed by atoms with Gasteiger partial charge in [-0.2, -0.15) is 0 Å². The Morgan fingerprint density at radius 3 is 2.65 bits per heavy atom. The van der Waals surface area contributed by atoms with Crippen molar-refractivity contribution in [2.24, 2.45) is 5.73 Å². The van der Waals surface area contributed by atoms with E-state index in [2.05, 4.69) is 16.0 Å². The third-order valence-electron chi connectivity index (χ3n) is 4.96. The Morgan fingerprint density at radius 2 is 2.00 bits per heavy atom. The molecule has 0 spiro atoms. The summed E-state index contributed by atoms with van der Waals surface area (Å²) in [6.45, 7) is 3.74. The Hall–Kier alpha value is -0.970. The fourth-order valence-corrected chi connectivity index (χ4v) is 3.85. The Morgan fingerprint density at radius 1 is 1.25 bits per heavy atom. The maximum absolute atomic E-state index is 6.65. The van der Waals surface area contributed by atoms with E-state index in [-0.39, 0.29) is 11.6 Å². The standard InChI is InChI=1S/C16H25N3O/c17-15(13-14-5-1-4-8-18-14)16(6-2-3-7-16)19-9-11-20-12-10-19/h1,4-5,8,15H,2-3,6-7,9-13,17H2. The Bertz CT molecular complexity index is 411. The van der Waals surface area contributed by atoms with Gasteiger partial charge in [0.2, 0.25) is 0 Å². The zero-order valence-electron chi connectivity index (χ0n) is 12.1. The molecule has 110 valence electrons. The van der Waals surface area contributed by atoms with Gasteiger partial charge in [-0.15, -0.1) is 0 Å². The highest BCUT2D eigenvalue weighted by molar-refractivity contribution is 5.11. The molecule has 2 fully saturated rings. The number of pyridine rings is 1. The number of nitrogens with zero attached hydrogens (tertiary/aromatic N) is 2. The summed E-state index contributed by atoms with van der Waals surface area (Å²) in [6, 6.07) is 6.26. The van der Waals surface area contributed by atoms with Crippen LogP contribution in [0, 0.1) is 0 Å². The van der Waals surface area contributed by atoms with Crippen molar-refractivity contribution >= 4 is 0 Å². The van der Waals surface area contributed by atoms with Crippen LogP contribution in [0.1, 0.15) is 31.4 Å². The van der Waals surface area contributed by atoms with Gasteiger partial charge in [-0.3, -0.25) is 9.88 Å². The molecule has 1 atom stereocenters. The van der Waals surface area contributed by atoms with Gasteiger partial charge in [0.1, 0.15) is 0 Å². The molecule has 0 aromatic carbocycles. The van der Waals surface area contributed by atoms with Crippen LogP contribution < -0.4 is 5.73 Å². The van der Waals surface area contributed by atoms with Gasteiger partial charge in [0.15, 0.2) is 0 Å². The summed E-state index contributed by atoms with van der Waals surface area (Å²) >= 11 is 0. The van der Waals surface area contributed by atoms with Crippen LogP contribution in [-0.2, 0) is 11.2 Å². The second-order valence-electron chi connectivity index (χ2n) is 6.04. The lowest BCUT2D eigenvalue weighted by atomic mass is 9.83.